The van der Waals surface area contributed by atoms with E-state index in [1.807, 2.05) is 25.1 Å². The van der Waals surface area contributed by atoms with E-state index >= 15 is 0 Å². The first-order chi connectivity index (χ1) is 12.5. The molecular weight excluding hydrogens is 330 g/mol. The smallest absolute Gasteiger partial charge is 0.287 e. The van der Waals surface area contributed by atoms with Crippen LogP contribution in [-0.4, -0.2) is 11.7 Å². The van der Waals surface area contributed by atoms with Gasteiger partial charge in [0.05, 0.1) is 0 Å². The number of halogens is 2. The number of carbonyl (C=O) groups excluding carboxylic acids is 1. The molecule has 0 aliphatic rings. The lowest BCUT2D eigenvalue weighted by atomic mass is 9.93. The fraction of sp³-hybridized carbons (Fsp3) is 0.0870. The predicted molar refractivity (Wildman–Crippen MR) is 100 cm³/mol. The summed E-state index contributed by atoms with van der Waals surface area (Å²) < 4.78 is 29.6. The molecule has 0 aromatic heterocycles. The van der Waals surface area contributed by atoms with Crippen molar-refractivity contribution in [2.45, 2.75) is 12.8 Å². The molecule has 0 atom stereocenters. The van der Waals surface area contributed by atoms with Crippen molar-refractivity contribution in [3.8, 4) is 0 Å². The standard InChI is InChI=1S/C23H18F2O/c1-17-12-14-19(15-13-17)21(18-8-4-2-5-9-18)16-23(24,25)22(26)20-10-6-3-7-11-20/h2-16H,1H3/b21-16+. The first kappa shape index (κ1) is 17.7. The Balaban J connectivity index is 2.08. The maximum atomic E-state index is 14.8. The fourth-order valence-electron chi connectivity index (χ4n) is 2.71. The van der Waals surface area contributed by atoms with Gasteiger partial charge in [-0.3, -0.25) is 4.79 Å². The Bertz CT molecular complexity index is 911. The normalized spacial score (nSPS) is 12.0. The average molecular weight is 348 g/mol. The Morgan fingerprint density at radius 2 is 1.19 bits per heavy atom. The van der Waals surface area contributed by atoms with E-state index in [0.717, 1.165) is 11.6 Å². The molecule has 0 bridgehead atoms. The molecule has 0 spiro atoms. The highest BCUT2D eigenvalue weighted by Crippen LogP contribution is 2.31. The second-order valence-electron chi connectivity index (χ2n) is 6.11. The molecular formula is C23H18F2O. The minimum Gasteiger partial charge on any atom is -0.287 e. The summed E-state index contributed by atoms with van der Waals surface area (Å²) in [6.45, 7) is 1.93. The Morgan fingerprint density at radius 3 is 1.73 bits per heavy atom. The molecule has 130 valence electrons. The zero-order chi connectivity index (χ0) is 18.6. The Kier molecular flexibility index (Phi) is 5.08. The quantitative estimate of drug-likeness (QED) is 0.521. The molecule has 0 radical (unpaired) electrons. The summed E-state index contributed by atoms with van der Waals surface area (Å²) in [7, 11) is 0. The van der Waals surface area contributed by atoms with Gasteiger partial charge in [-0.05, 0) is 23.6 Å². The van der Waals surface area contributed by atoms with E-state index in [1.54, 1.807) is 54.6 Å². The molecule has 0 heterocycles. The number of hydrogen-bond acceptors (Lipinski definition) is 1. The van der Waals surface area contributed by atoms with Crippen LogP contribution in [0.2, 0.25) is 0 Å². The van der Waals surface area contributed by atoms with Crippen molar-refractivity contribution < 1.29 is 13.6 Å². The summed E-state index contributed by atoms with van der Waals surface area (Å²) in [5.74, 6) is -4.82. The number of carbonyl (C=O) groups is 1. The first-order valence-corrected chi connectivity index (χ1v) is 8.30. The summed E-state index contributed by atoms with van der Waals surface area (Å²) in [4.78, 5) is 12.3. The molecule has 3 aromatic carbocycles. The lowest BCUT2D eigenvalue weighted by Crippen LogP contribution is -2.26. The van der Waals surface area contributed by atoms with Crippen molar-refractivity contribution in [2.24, 2.45) is 0 Å². The van der Waals surface area contributed by atoms with Gasteiger partial charge >= 0.3 is 5.92 Å². The number of rotatable bonds is 5. The zero-order valence-electron chi connectivity index (χ0n) is 14.3. The maximum absolute atomic E-state index is 14.8. The number of allylic oxidation sites excluding steroid dienone is 1. The zero-order valence-corrected chi connectivity index (χ0v) is 14.3. The Hall–Kier alpha value is -3.07. The minimum absolute atomic E-state index is 0.00920. The summed E-state index contributed by atoms with van der Waals surface area (Å²) >= 11 is 0. The number of Topliss-reactive ketones (excluding diaryl/α,β-unsaturated/α-hetero) is 1. The van der Waals surface area contributed by atoms with Crippen LogP contribution in [0.5, 0.6) is 0 Å². The molecule has 3 heteroatoms. The maximum Gasteiger partial charge on any atom is 0.329 e. The van der Waals surface area contributed by atoms with E-state index in [0.29, 0.717) is 16.7 Å². The van der Waals surface area contributed by atoms with Crippen LogP contribution in [0.4, 0.5) is 8.78 Å². The van der Waals surface area contributed by atoms with Crippen molar-refractivity contribution in [3.63, 3.8) is 0 Å². The van der Waals surface area contributed by atoms with Gasteiger partial charge < -0.3 is 0 Å². The topological polar surface area (TPSA) is 17.1 Å². The van der Waals surface area contributed by atoms with Crippen LogP contribution < -0.4 is 0 Å². The van der Waals surface area contributed by atoms with Crippen molar-refractivity contribution in [2.75, 3.05) is 0 Å². The van der Waals surface area contributed by atoms with Crippen molar-refractivity contribution in [1.29, 1.82) is 0 Å². The highest BCUT2D eigenvalue weighted by atomic mass is 19.3. The second kappa shape index (κ2) is 7.44. The van der Waals surface area contributed by atoms with Crippen molar-refractivity contribution >= 4 is 11.4 Å². The summed E-state index contributed by atoms with van der Waals surface area (Å²) in [5.41, 5.74) is 2.64. The molecule has 0 aliphatic heterocycles. The van der Waals surface area contributed by atoms with Crippen molar-refractivity contribution in [3.05, 3.63) is 113 Å². The van der Waals surface area contributed by atoms with Gasteiger partial charge in [0.1, 0.15) is 0 Å². The summed E-state index contributed by atoms with van der Waals surface area (Å²) in [6.07, 6.45) is 0.766. The van der Waals surface area contributed by atoms with Gasteiger partial charge in [0.25, 0.3) is 0 Å². The Morgan fingerprint density at radius 1 is 0.731 bits per heavy atom. The predicted octanol–water partition coefficient (Wildman–Crippen LogP) is 5.94. The van der Waals surface area contributed by atoms with E-state index < -0.39 is 11.7 Å². The van der Waals surface area contributed by atoms with Crippen LogP contribution in [0.25, 0.3) is 5.57 Å². The van der Waals surface area contributed by atoms with Crippen LogP contribution in [0.15, 0.2) is 91.0 Å². The average Bonchev–Trinajstić information content (AvgIpc) is 2.68. The number of hydrogen-bond donors (Lipinski definition) is 0. The number of alkyl halides is 2. The van der Waals surface area contributed by atoms with Gasteiger partial charge in [0.15, 0.2) is 0 Å². The van der Waals surface area contributed by atoms with Gasteiger partial charge in [-0.2, -0.15) is 8.78 Å². The third kappa shape index (κ3) is 3.94. The fourth-order valence-corrected chi connectivity index (χ4v) is 2.71. The highest BCUT2D eigenvalue weighted by Gasteiger charge is 2.37. The molecule has 0 amide bonds. The summed E-state index contributed by atoms with van der Waals surface area (Å²) in [6, 6.07) is 23.9. The summed E-state index contributed by atoms with van der Waals surface area (Å²) in [5, 5.41) is 0. The van der Waals surface area contributed by atoms with Gasteiger partial charge in [0, 0.05) is 11.6 Å². The van der Waals surface area contributed by atoms with Gasteiger partial charge in [-0.15, -0.1) is 0 Å². The minimum atomic E-state index is -3.61. The molecule has 0 saturated carbocycles. The Labute approximate surface area is 151 Å². The third-order valence-corrected chi connectivity index (χ3v) is 4.11. The van der Waals surface area contributed by atoms with Gasteiger partial charge in [-0.1, -0.05) is 90.5 Å². The molecule has 1 nitrogen and oxygen atoms in total. The van der Waals surface area contributed by atoms with Gasteiger partial charge in [0.2, 0.25) is 5.78 Å². The van der Waals surface area contributed by atoms with Crippen LogP contribution in [0.1, 0.15) is 27.0 Å². The molecule has 0 fully saturated rings. The number of aryl methyl sites for hydroxylation is 1. The lowest BCUT2D eigenvalue weighted by molar-refractivity contribution is 0.0384. The van der Waals surface area contributed by atoms with E-state index in [-0.39, 0.29) is 5.56 Å². The van der Waals surface area contributed by atoms with Crippen LogP contribution in [-0.2, 0) is 0 Å². The molecule has 0 unspecified atom stereocenters. The monoisotopic (exact) mass is 348 g/mol. The van der Waals surface area contributed by atoms with Crippen LogP contribution in [0.3, 0.4) is 0 Å². The van der Waals surface area contributed by atoms with E-state index in [1.165, 1.54) is 12.1 Å². The van der Waals surface area contributed by atoms with Crippen LogP contribution in [0, 0.1) is 6.92 Å². The van der Waals surface area contributed by atoms with E-state index in [4.69, 9.17) is 0 Å². The number of ketones is 1. The molecule has 3 aromatic rings. The largest absolute Gasteiger partial charge is 0.329 e. The van der Waals surface area contributed by atoms with Crippen molar-refractivity contribution in [1.82, 2.24) is 0 Å². The highest BCUT2D eigenvalue weighted by molar-refractivity contribution is 6.04. The molecule has 26 heavy (non-hydrogen) atoms. The molecule has 0 N–H and O–H groups in total. The van der Waals surface area contributed by atoms with Gasteiger partial charge in [-0.25, -0.2) is 0 Å². The van der Waals surface area contributed by atoms with E-state index in [9.17, 15) is 13.6 Å². The molecule has 3 rings (SSSR count). The van der Waals surface area contributed by atoms with E-state index in [2.05, 4.69) is 0 Å². The third-order valence-electron chi connectivity index (χ3n) is 4.11. The second-order valence-corrected chi connectivity index (χ2v) is 6.11. The molecule has 0 aliphatic carbocycles. The lowest BCUT2D eigenvalue weighted by Gasteiger charge is -2.15. The molecule has 0 saturated heterocycles. The number of benzene rings is 3. The SMILES string of the molecule is Cc1ccc(/C(=C/C(F)(F)C(=O)c2ccccc2)c2ccccc2)cc1. The van der Waals surface area contributed by atoms with Crippen LogP contribution >= 0.6 is 0 Å². The first-order valence-electron chi connectivity index (χ1n) is 8.30.